The number of thiazole rings is 1. The summed E-state index contributed by atoms with van der Waals surface area (Å²) in [5.74, 6) is 1.70. The van der Waals surface area contributed by atoms with Crippen molar-refractivity contribution in [3.05, 3.63) is 91.4 Å². The number of hydrogen-bond donors (Lipinski definition) is 0. The summed E-state index contributed by atoms with van der Waals surface area (Å²) in [6, 6.07) is 18.3. The first-order chi connectivity index (χ1) is 14.1. The zero-order valence-electron chi connectivity index (χ0n) is 14.7. The van der Waals surface area contributed by atoms with Crippen molar-refractivity contribution in [2.75, 3.05) is 0 Å². The average molecular weight is 440 g/mol. The summed E-state index contributed by atoms with van der Waals surface area (Å²) in [4.78, 5) is 17.7. The predicted octanol–water partition coefficient (Wildman–Crippen LogP) is 4.93. The largest absolute Gasteiger partial charge is 0.457 e. The molecule has 0 unspecified atom stereocenters. The molecule has 0 N–H and O–H groups in total. The summed E-state index contributed by atoms with van der Waals surface area (Å²) in [5, 5.41) is 5.55. The molecule has 0 amide bonds. The zero-order valence-corrected chi connectivity index (χ0v) is 17.0. The van der Waals surface area contributed by atoms with Gasteiger partial charge in [-0.1, -0.05) is 58.8 Å². The number of halogens is 2. The highest BCUT2D eigenvalue weighted by atomic mass is 35.5. The van der Waals surface area contributed by atoms with Crippen LogP contribution in [0, 0.1) is 0 Å². The summed E-state index contributed by atoms with van der Waals surface area (Å²) >= 11 is 13.3. The highest BCUT2D eigenvalue weighted by Gasteiger charge is 2.13. The molecule has 0 saturated carbocycles. The van der Waals surface area contributed by atoms with Gasteiger partial charge in [-0.15, -0.1) is 5.10 Å². The van der Waals surface area contributed by atoms with Gasteiger partial charge in [-0.2, -0.15) is 9.50 Å². The van der Waals surface area contributed by atoms with Crippen LogP contribution in [0.1, 0.15) is 5.76 Å². The fourth-order valence-corrected chi connectivity index (χ4v) is 4.21. The molecule has 8 heteroatoms. The van der Waals surface area contributed by atoms with E-state index in [2.05, 4.69) is 10.1 Å². The lowest BCUT2D eigenvalue weighted by atomic mass is 10.2. The minimum atomic E-state index is -0.244. The second-order valence-corrected chi connectivity index (χ2v) is 8.15. The van der Waals surface area contributed by atoms with Crippen LogP contribution in [0.5, 0.6) is 0 Å². The second-order valence-electron chi connectivity index (χ2n) is 6.27. The van der Waals surface area contributed by atoms with Gasteiger partial charge < -0.3 is 4.42 Å². The van der Waals surface area contributed by atoms with Gasteiger partial charge in [0.25, 0.3) is 5.56 Å². The summed E-state index contributed by atoms with van der Waals surface area (Å²) < 4.78 is 7.64. The van der Waals surface area contributed by atoms with E-state index in [1.165, 1.54) is 15.9 Å². The molecule has 0 atom stereocenters. The highest BCUT2D eigenvalue weighted by molar-refractivity contribution is 7.15. The monoisotopic (exact) mass is 439 g/mol. The van der Waals surface area contributed by atoms with Crippen molar-refractivity contribution in [3.63, 3.8) is 0 Å². The molecule has 29 heavy (non-hydrogen) atoms. The van der Waals surface area contributed by atoms with E-state index in [1.807, 2.05) is 42.5 Å². The molecule has 0 fully saturated rings. The van der Waals surface area contributed by atoms with E-state index in [4.69, 9.17) is 27.6 Å². The summed E-state index contributed by atoms with van der Waals surface area (Å²) in [5.41, 5.74) is 1.38. The minimum absolute atomic E-state index is 0.244. The normalized spacial score (nSPS) is 12.1. The van der Waals surface area contributed by atoms with Gasteiger partial charge in [-0.05, 0) is 36.4 Å². The van der Waals surface area contributed by atoms with Gasteiger partial charge in [0.15, 0.2) is 5.82 Å². The number of nitrogens with zero attached hydrogens (tertiary/aromatic N) is 3. The molecule has 142 valence electrons. The number of aromatic nitrogens is 3. The number of rotatable bonds is 3. The summed E-state index contributed by atoms with van der Waals surface area (Å²) in [7, 11) is 0. The molecule has 0 radical (unpaired) electrons. The molecule has 0 aliphatic heterocycles. The fraction of sp³-hybridized carbons (Fsp3) is 0. The Morgan fingerprint density at radius 3 is 2.41 bits per heavy atom. The van der Waals surface area contributed by atoms with E-state index in [9.17, 15) is 4.79 Å². The lowest BCUT2D eigenvalue weighted by Crippen LogP contribution is -2.23. The van der Waals surface area contributed by atoms with E-state index in [1.54, 1.807) is 24.3 Å². The van der Waals surface area contributed by atoms with Crippen LogP contribution < -0.4 is 10.1 Å². The lowest BCUT2D eigenvalue weighted by molar-refractivity contribution is 0.571. The third-order valence-electron chi connectivity index (χ3n) is 4.27. The molecule has 3 aromatic heterocycles. The molecule has 5 nitrogen and oxygen atoms in total. The van der Waals surface area contributed by atoms with Gasteiger partial charge >= 0.3 is 0 Å². The lowest BCUT2D eigenvalue weighted by Gasteiger charge is -1.96. The topological polar surface area (TPSA) is 60.4 Å². The number of hydrogen-bond acceptors (Lipinski definition) is 5. The maximum Gasteiger partial charge on any atom is 0.291 e. The number of fused-ring (bicyclic) bond motifs is 1. The Morgan fingerprint density at radius 1 is 0.966 bits per heavy atom. The van der Waals surface area contributed by atoms with Gasteiger partial charge in [0.05, 0.1) is 0 Å². The van der Waals surface area contributed by atoms with Crippen LogP contribution >= 0.6 is 34.5 Å². The Kier molecular flexibility index (Phi) is 4.47. The maximum absolute atomic E-state index is 12.7. The molecule has 0 aliphatic carbocycles. The standard InChI is InChI=1S/C21H11Cl2N3O2S/c22-14-5-1-3-12(9-14)17-8-7-16(28-17)11-18-20(27)26-21(29-18)24-19(25-26)13-4-2-6-15(23)10-13/h1-11H. The van der Waals surface area contributed by atoms with Crippen molar-refractivity contribution in [2.45, 2.75) is 0 Å². The first-order valence-electron chi connectivity index (χ1n) is 8.60. The fourth-order valence-electron chi connectivity index (χ4n) is 2.94. The van der Waals surface area contributed by atoms with Crippen molar-refractivity contribution >= 4 is 45.6 Å². The molecule has 5 aromatic rings. The summed E-state index contributed by atoms with van der Waals surface area (Å²) in [6.07, 6.45) is 1.69. The van der Waals surface area contributed by atoms with Gasteiger partial charge in [0.1, 0.15) is 16.1 Å². The molecule has 3 heterocycles. The second kappa shape index (κ2) is 7.15. The molecule has 2 aromatic carbocycles. The van der Waals surface area contributed by atoms with Gasteiger partial charge in [-0.25, -0.2) is 0 Å². The smallest absolute Gasteiger partial charge is 0.291 e. The van der Waals surface area contributed by atoms with Crippen LogP contribution in [0.15, 0.2) is 69.9 Å². The molecule has 0 spiro atoms. The van der Waals surface area contributed by atoms with Crippen LogP contribution in [0.3, 0.4) is 0 Å². The Hall–Kier alpha value is -2.93. The molecule has 0 bridgehead atoms. The van der Waals surface area contributed by atoms with Crippen molar-refractivity contribution in [1.29, 1.82) is 0 Å². The van der Waals surface area contributed by atoms with Gasteiger partial charge in [0.2, 0.25) is 4.96 Å². The molecule has 0 aliphatic rings. The van der Waals surface area contributed by atoms with Crippen LogP contribution in [0.4, 0.5) is 0 Å². The van der Waals surface area contributed by atoms with Crippen LogP contribution in [0.2, 0.25) is 10.0 Å². The molecule has 0 saturated heterocycles. The Balaban J connectivity index is 1.53. The first kappa shape index (κ1) is 18.1. The van der Waals surface area contributed by atoms with E-state index in [0.29, 0.717) is 36.9 Å². The van der Waals surface area contributed by atoms with Crippen molar-refractivity contribution in [2.24, 2.45) is 0 Å². The van der Waals surface area contributed by atoms with Crippen LogP contribution in [-0.4, -0.2) is 14.6 Å². The van der Waals surface area contributed by atoms with Gasteiger partial charge in [-0.3, -0.25) is 4.79 Å². The van der Waals surface area contributed by atoms with Crippen LogP contribution in [0.25, 0.3) is 33.7 Å². The SMILES string of the molecule is O=c1c(=Cc2ccc(-c3cccc(Cl)c3)o2)sc2nc(-c3cccc(Cl)c3)nn12. The highest BCUT2D eigenvalue weighted by Crippen LogP contribution is 2.25. The van der Waals surface area contributed by atoms with Crippen molar-refractivity contribution in [3.8, 4) is 22.7 Å². The Bertz CT molecular complexity index is 1470. The van der Waals surface area contributed by atoms with Crippen molar-refractivity contribution < 1.29 is 4.42 Å². The molecule has 5 rings (SSSR count). The minimum Gasteiger partial charge on any atom is -0.457 e. The number of benzene rings is 2. The van der Waals surface area contributed by atoms with Crippen molar-refractivity contribution in [1.82, 2.24) is 14.6 Å². The Morgan fingerprint density at radius 2 is 1.69 bits per heavy atom. The third kappa shape index (κ3) is 3.46. The van der Waals surface area contributed by atoms with E-state index >= 15 is 0 Å². The van der Waals surface area contributed by atoms with E-state index < -0.39 is 0 Å². The zero-order chi connectivity index (χ0) is 20.0. The predicted molar refractivity (Wildman–Crippen MR) is 116 cm³/mol. The van der Waals surface area contributed by atoms with E-state index in [-0.39, 0.29) is 5.56 Å². The van der Waals surface area contributed by atoms with Crippen LogP contribution in [-0.2, 0) is 0 Å². The third-order valence-corrected chi connectivity index (χ3v) is 5.70. The molecular formula is C21H11Cl2N3O2S. The quantitative estimate of drug-likeness (QED) is 0.399. The average Bonchev–Trinajstić information content (AvgIpc) is 3.40. The summed E-state index contributed by atoms with van der Waals surface area (Å²) in [6.45, 7) is 0. The first-order valence-corrected chi connectivity index (χ1v) is 10.2. The van der Waals surface area contributed by atoms with E-state index in [0.717, 1.165) is 11.1 Å². The maximum atomic E-state index is 12.7. The van der Waals surface area contributed by atoms with Gasteiger partial charge in [0, 0.05) is 27.2 Å². The number of furan rings is 1. The Labute approximate surface area is 178 Å². The molecular weight excluding hydrogens is 429 g/mol.